The molecule has 1 aromatic carbocycles. The van der Waals surface area contributed by atoms with Gasteiger partial charge in [0, 0.05) is 31.4 Å². The lowest BCUT2D eigenvalue weighted by atomic mass is 10.1. The first-order valence-electron chi connectivity index (χ1n) is 5.69. The zero-order valence-electron chi connectivity index (χ0n) is 9.43. The fourth-order valence-corrected chi connectivity index (χ4v) is 1.89. The molecule has 4 heteroatoms. The summed E-state index contributed by atoms with van der Waals surface area (Å²) < 4.78 is 5.32. The Hall–Kier alpha value is -1.10. The maximum absolute atomic E-state index is 5.86. The van der Waals surface area contributed by atoms with Gasteiger partial charge in [-0.3, -0.25) is 0 Å². The Morgan fingerprint density at radius 3 is 2.38 bits per heavy atom. The van der Waals surface area contributed by atoms with Crippen LogP contribution in [0.4, 0.5) is 5.69 Å². The lowest BCUT2D eigenvalue weighted by Gasteiger charge is -2.29. The van der Waals surface area contributed by atoms with Crippen LogP contribution >= 0.6 is 0 Å². The highest BCUT2D eigenvalue weighted by Crippen LogP contribution is 2.18. The van der Waals surface area contributed by atoms with Crippen LogP contribution in [0.1, 0.15) is 11.6 Å². The molecule has 1 unspecified atom stereocenters. The Morgan fingerprint density at radius 1 is 1.19 bits per heavy atom. The number of benzene rings is 1. The van der Waals surface area contributed by atoms with Gasteiger partial charge in [0.05, 0.1) is 13.2 Å². The Bertz CT molecular complexity index is 320. The molecule has 2 rings (SSSR count). The van der Waals surface area contributed by atoms with E-state index in [1.807, 2.05) is 0 Å². The van der Waals surface area contributed by atoms with E-state index in [1.165, 1.54) is 5.69 Å². The molecule has 0 radical (unpaired) electrons. The van der Waals surface area contributed by atoms with Crippen molar-refractivity contribution in [1.29, 1.82) is 0 Å². The zero-order valence-corrected chi connectivity index (χ0v) is 9.43. The predicted molar refractivity (Wildman–Crippen MR) is 65.5 cm³/mol. The monoisotopic (exact) mass is 221 g/mol. The number of hydrogen-bond acceptors (Lipinski definition) is 4. The van der Waals surface area contributed by atoms with Crippen molar-refractivity contribution in [2.75, 3.05) is 37.7 Å². The van der Waals surface area contributed by atoms with Gasteiger partial charge in [-0.15, -0.1) is 0 Å². The van der Waals surface area contributed by atoms with Crippen LogP contribution in [0, 0.1) is 0 Å². The fourth-order valence-electron chi connectivity index (χ4n) is 1.89. The first kappa shape index (κ1) is 11.4. The first-order valence-corrected chi connectivity index (χ1v) is 5.69. The Balaban J connectivity index is 2.06. The largest absolute Gasteiger partial charge is 0.378 e. The number of nitrogens with zero attached hydrogens (tertiary/aromatic N) is 1. The van der Waals surface area contributed by atoms with E-state index in [2.05, 4.69) is 29.2 Å². The average molecular weight is 221 g/mol. The van der Waals surface area contributed by atoms with Crippen LogP contribution in [-0.2, 0) is 4.74 Å². The normalized spacial score (nSPS) is 18.5. The minimum absolute atomic E-state index is 0.0567. The molecule has 1 aliphatic rings. The lowest BCUT2D eigenvalue weighted by molar-refractivity contribution is 0.122. The van der Waals surface area contributed by atoms with Crippen LogP contribution in [0.2, 0.25) is 0 Å². The number of ether oxygens (including phenoxy) is 1. The summed E-state index contributed by atoms with van der Waals surface area (Å²) in [5.41, 5.74) is 13.7. The van der Waals surface area contributed by atoms with Gasteiger partial charge in [-0.2, -0.15) is 0 Å². The molecule has 0 aromatic heterocycles. The van der Waals surface area contributed by atoms with Gasteiger partial charge in [-0.25, -0.2) is 0 Å². The number of rotatable bonds is 3. The van der Waals surface area contributed by atoms with Crippen molar-refractivity contribution in [3.63, 3.8) is 0 Å². The van der Waals surface area contributed by atoms with Gasteiger partial charge in [-0.05, 0) is 17.7 Å². The minimum atomic E-state index is -0.0567. The van der Waals surface area contributed by atoms with Gasteiger partial charge < -0.3 is 21.1 Å². The summed E-state index contributed by atoms with van der Waals surface area (Å²) in [6.45, 7) is 4.02. The zero-order chi connectivity index (χ0) is 11.4. The molecule has 1 heterocycles. The summed E-state index contributed by atoms with van der Waals surface area (Å²) >= 11 is 0. The Labute approximate surface area is 96.2 Å². The van der Waals surface area contributed by atoms with E-state index >= 15 is 0 Å². The second-order valence-electron chi connectivity index (χ2n) is 4.03. The second kappa shape index (κ2) is 5.30. The summed E-state index contributed by atoms with van der Waals surface area (Å²) in [6.07, 6.45) is 0. The minimum Gasteiger partial charge on any atom is -0.378 e. The Morgan fingerprint density at radius 2 is 1.81 bits per heavy atom. The summed E-state index contributed by atoms with van der Waals surface area (Å²) in [6, 6.07) is 8.27. The molecule has 1 aliphatic heterocycles. The highest BCUT2D eigenvalue weighted by Gasteiger charge is 2.11. The molecule has 88 valence electrons. The molecule has 1 fully saturated rings. The third kappa shape index (κ3) is 2.52. The molecule has 0 amide bonds. The van der Waals surface area contributed by atoms with Gasteiger partial charge in [0.25, 0.3) is 0 Å². The predicted octanol–water partition coefficient (Wildman–Crippen LogP) is 0.482. The van der Waals surface area contributed by atoms with Crippen LogP contribution in [0.15, 0.2) is 24.3 Å². The van der Waals surface area contributed by atoms with Crippen molar-refractivity contribution in [3.05, 3.63) is 29.8 Å². The smallest absolute Gasteiger partial charge is 0.0642 e. The molecule has 0 saturated carbocycles. The standard InChI is InChI=1S/C12H19N3O/c13-9-12(14)10-1-3-11(4-2-10)15-5-7-16-8-6-15/h1-4,12H,5-9,13-14H2. The van der Waals surface area contributed by atoms with E-state index < -0.39 is 0 Å². The van der Waals surface area contributed by atoms with Crippen molar-refractivity contribution in [1.82, 2.24) is 0 Å². The van der Waals surface area contributed by atoms with Gasteiger partial charge in [0.2, 0.25) is 0 Å². The lowest BCUT2D eigenvalue weighted by Crippen LogP contribution is -2.36. The van der Waals surface area contributed by atoms with Crippen LogP contribution in [0.5, 0.6) is 0 Å². The van der Waals surface area contributed by atoms with E-state index in [0.29, 0.717) is 6.54 Å². The van der Waals surface area contributed by atoms with Crippen molar-refractivity contribution < 1.29 is 4.74 Å². The maximum Gasteiger partial charge on any atom is 0.0642 e. The van der Waals surface area contributed by atoms with Gasteiger partial charge in [0.1, 0.15) is 0 Å². The van der Waals surface area contributed by atoms with E-state index in [4.69, 9.17) is 16.2 Å². The van der Waals surface area contributed by atoms with Crippen molar-refractivity contribution in [2.45, 2.75) is 6.04 Å². The van der Waals surface area contributed by atoms with Crippen molar-refractivity contribution in [2.24, 2.45) is 11.5 Å². The summed E-state index contributed by atoms with van der Waals surface area (Å²) in [7, 11) is 0. The molecule has 0 bridgehead atoms. The molecular formula is C12H19N3O. The van der Waals surface area contributed by atoms with E-state index in [9.17, 15) is 0 Å². The molecule has 0 aliphatic carbocycles. The average Bonchev–Trinajstić information content (AvgIpc) is 2.39. The van der Waals surface area contributed by atoms with E-state index in [0.717, 1.165) is 31.9 Å². The van der Waals surface area contributed by atoms with Crippen LogP contribution in [-0.4, -0.2) is 32.8 Å². The summed E-state index contributed by atoms with van der Waals surface area (Å²) in [5, 5.41) is 0. The topological polar surface area (TPSA) is 64.5 Å². The van der Waals surface area contributed by atoms with Gasteiger partial charge in [-0.1, -0.05) is 12.1 Å². The highest BCUT2D eigenvalue weighted by molar-refractivity contribution is 5.48. The van der Waals surface area contributed by atoms with Crippen molar-refractivity contribution >= 4 is 5.69 Å². The molecule has 1 saturated heterocycles. The van der Waals surface area contributed by atoms with Gasteiger partial charge >= 0.3 is 0 Å². The molecule has 1 atom stereocenters. The molecular weight excluding hydrogens is 202 g/mol. The molecule has 16 heavy (non-hydrogen) atoms. The number of hydrogen-bond donors (Lipinski definition) is 2. The molecule has 4 N–H and O–H groups in total. The van der Waals surface area contributed by atoms with E-state index in [1.54, 1.807) is 0 Å². The maximum atomic E-state index is 5.86. The van der Waals surface area contributed by atoms with E-state index in [-0.39, 0.29) is 6.04 Å². The van der Waals surface area contributed by atoms with Crippen molar-refractivity contribution in [3.8, 4) is 0 Å². The highest BCUT2D eigenvalue weighted by atomic mass is 16.5. The number of anilines is 1. The van der Waals surface area contributed by atoms with Crippen LogP contribution in [0.25, 0.3) is 0 Å². The Kier molecular flexibility index (Phi) is 3.77. The molecule has 4 nitrogen and oxygen atoms in total. The van der Waals surface area contributed by atoms with Crippen LogP contribution in [0.3, 0.4) is 0 Å². The quantitative estimate of drug-likeness (QED) is 0.779. The summed E-state index contributed by atoms with van der Waals surface area (Å²) in [5.74, 6) is 0. The fraction of sp³-hybridized carbons (Fsp3) is 0.500. The summed E-state index contributed by atoms with van der Waals surface area (Å²) in [4.78, 5) is 2.32. The third-order valence-corrected chi connectivity index (χ3v) is 2.95. The number of nitrogens with two attached hydrogens (primary N) is 2. The first-order chi connectivity index (χ1) is 7.81. The third-order valence-electron chi connectivity index (χ3n) is 2.95. The molecule has 1 aromatic rings. The van der Waals surface area contributed by atoms with Gasteiger partial charge in [0.15, 0.2) is 0 Å². The second-order valence-corrected chi connectivity index (χ2v) is 4.03. The molecule has 0 spiro atoms. The number of morpholine rings is 1. The SMILES string of the molecule is NCC(N)c1ccc(N2CCOCC2)cc1. The van der Waals surface area contributed by atoms with Crippen LogP contribution < -0.4 is 16.4 Å².